The molecule has 1 aromatic heterocycles. The van der Waals surface area contributed by atoms with Gasteiger partial charge < -0.3 is 40.0 Å². The quantitative estimate of drug-likeness (QED) is 0.314. The predicted molar refractivity (Wildman–Crippen MR) is 221 cm³/mol. The number of rotatable bonds is 5. The van der Waals surface area contributed by atoms with Gasteiger partial charge in [0.1, 0.15) is 46.4 Å². The van der Waals surface area contributed by atoms with Crippen LogP contribution in [0.2, 0.25) is 0 Å². The lowest BCUT2D eigenvalue weighted by Gasteiger charge is -2.30. The third kappa shape index (κ3) is 9.89. The molecule has 1 saturated heterocycles. The summed E-state index contributed by atoms with van der Waals surface area (Å²) in [6, 6.07) is 0.813. The van der Waals surface area contributed by atoms with Crippen LogP contribution in [0.4, 0.5) is 19.7 Å². The van der Waals surface area contributed by atoms with Crippen LogP contribution in [0, 0.1) is 18.7 Å². The van der Waals surface area contributed by atoms with Crippen molar-refractivity contribution in [3.8, 4) is 5.88 Å². The molecule has 4 N–H and O–H groups in total. The number of sulfonamides is 1. The monoisotopic (exact) mass is 882 g/mol. The maximum absolute atomic E-state index is 14.7. The van der Waals surface area contributed by atoms with E-state index in [1.807, 2.05) is 4.72 Å². The molecule has 2 saturated carbocycles. The number of carbonyl (C=O) groups excluding carboxylic acids is 5. The average molecular weight is 883 g/mol. The molecule has 5 aliphatic rings. The van der Waals surface area contributed by atoms with E-state index in [0.717, 1.165) is 56.2 Å². The van der Waals surface area contributed by atoms with Gasteiger partial charge in [-0.1, -0.05) is 31.8 Å². The van der Waals surface area contributed by atoms with E-state index in [0.29, 0.717) is 49.6 Å². The zero-order chi connectivity index (χ0) is 44.2. The topological polar surface area (TPSA) is 228 Å². The third-order valence-corrected chi connectivity index (χ3v) is 13.7. The predicted octanol–water partition coefficient (Wildman–Crippen LogP) is 3.77. The number of benzene rings is 1. The molecule has 5 atom stereocenters. The molecular weight excluding hydrogens is 828 g/mol. The lowest BCUT2D eigenvalue weighted by molar-refractivity contribution is -0.141. The Labute approximate surface area is 360 Å². The number of aromatic nitrogens is 2. The van der Waals surface area contributed by atoms with Crippen LogP contribution in [-0.2, 0) is 46.8 Å². The van der Waals surface area contributed by atoms with E-state index in [2.05, 4.69) is 32.5 Å². The van der Waals surface area contributed by atoms with E-state index in [9.17, 15) is 36.8 Å². The highest BCUT2D eigenvalue weighted by atomic mass is 32.2. The Morgan fingerprint density at radius 1 is 1.02 bits per heavy atom. The standard InChI is InChI=1S/C42H55FN8O10S/c1-4-26-22-42(26)39(54)49-62(57,58)35-20-27(43)15-16-31(35)44-18-11-7-5-6-8-14-32(47-40(55)60-28-12-9-10-13-28)38(53)51-23-29(21-34(51)36(52)48-42)61-41(56)50-19-17-30-33(24-50)45-25(2)46-37(30)59-3/h4,15-16,20,26,28-29,32,34,44H,1,5-14,17-19,21-24H2,2-3H3,(H,47,55)(H,48,52)(H,49,54)/t26-,29-,32+,34+,42-/m1/s1. The number of alkyl carbamates (subject to hydrolysis) is 1. The first-order chi connectivity index (χ1) is 29.7. The van der Waals surface area contributed by atoms with Crippen molar-refractivity contribution in [3.05, 3.63) is 53.8 Å². The summed E-state index contributed by atoms with van der Waals surface area (Å²) in [5, 5.41) is 8.52. The second kappa shape index (κ2) is 18.8. The first-order valence-electron chi connectivity index (χ1n) is 21.4. The molecule has 336 valence electrons. The minimum absolute atomic E-state index is 0.0155. The molecule has 20 heteroatoms. The Morgan fingerprint density at radius 3 is 2.50 bits per heavy atom. The number of hydrogen-bond acceptors (Lipinski definition) is 13. The number of nitrogens with one attached hydrogen (secondary N) is 4. The minimum atomic E-state index is -4.68. The maximum Gasteiger partial charge on any atom is 0.410 e. The maximum atomic E-state index is 14.7. The van der Waals surface area contributed by atoms with E-state index in [-0.39, 0.29) is 50.7 Å². The number of methoxy groups -OCH3 is 1. The molecule has 2 aromatic rings. The Kier molecular flexibility index (Phi) is 13.5. The second-order valence-electron chi connectivity index (χ2n) is 16.7. The zero-order valence-electron chi connectivity index (χ0n) is 35.1. The minimum Gasteiger partial charge on any atom is -0.481 e. The number of nitrogens with zero attached hydrogens (tertiary/aromatic N) is 4. The molecular formula is C42H55FN8O10S. The summed E-state index contributed by atoms with van der Waals surface area (Å²) in [6.07, 6.45) is 5.78. The van der Waals surface area contributed by atoms with Gasteiger partial charge in [0.2, 0.25) is 17.7 Å². The van der Waals surface area contributed by atoms with Crippen molar-refractivity contribution < 1.29 is 51.0 Å². The van der Waals surface area contributed by atoms with Crippen LogP contribution in [0.15, 0.2) is 35.7 Å². The van der Waals surface area contributed by atoms with Crippen LogP contribution in [0.5, 0.6) is 5.88 Å². The van der Waals surface area contributed by atoms with Crippen LogP contribution in [0.1, 0.15) is 94.1 Å². The van der Waals surface area contributed by atoms with Crippen LogP contribution < -0.4 is 25.4 Å². The normalized spacial score (nSPS) is 27.0. The van der Waals surface area contributed by atoms with Crippen molar-refractivity contribution in [2.45, 2.75) is 132 Å². The lowest BCUT2D eigenvalue weighted by Crippen LogP contribution is -2.58. The van der Waals surface area contributed by atoms with Gasteiger partial charge in [-0.2, -0.15) is 4.98 Å². The fourth-order valence-corrected chi connectivity index (χ4v) is 10.2. The highest BCUT2D eigenvalue weighted by molar-refractivity contribution is 7.90. The number of fused-ring (bicyclic) bond motifs is 3. The second-order valence-corrected chi connectivity index (χ2v) is 18.3. The molecule has 62 heavy (non-hydrogen) atoms. The summed E-state index contributed by atoms with van der Waals surface area (Å²) in [5.41, 5.74) is -0.297. The van der Waals surface area contributed by atoms with Crippen molar-refractivity contribution in [1.82, 2.24) is 35.1 Å². The molecule has 0 bridgehead atoms. The van der Waals surface area contributed by atoms with Crippen LogP contribution >= 0.6 is 0 Å². The lowest BCUT2D eigenvalue weighted by atomic mass is 10.0. The van der Waals surface area contributed by atoms with Gasteiger partial charge in [-0.05, 0) is 76.5 Å². The van der Waals surface area contributed by atoms with E-state index in [1.54, 1.807) is 6.92 Å². The number of anilines is 1. The summed E-state index contributed by atoms with van der Waals surface area (Å²) in [5.74, 6) is -3.11. The zero-order valence-corrected chi connectivity index (χ0v) is 35.9. The molecule has 5 amide bonds. The smallest absolute Gasteiger partial charge is 0.410 e. The summed E-state index contributed by atoms with van der Waals surface area (Å²) >= 11 is 0. The van der Waals surface area contributed by atoms with Gasteiger partial charge in [0, 0.05) is 31.0 Å². The van der Waals surface area contributed by atoms with E-state index >= 15 is 0 Å². The van der Waals surface area contributed by atoms with E-state index in [1.165, 1.54) is 29.1 Å². The number of ether oxygens (including phenoxy) is 3. The molecule has 2 aliphatic carbocycles. The summed E-state index contributed by atoms with van der Waals surface area (Å²) in [6.45, 7) is 5.99. The fraction of sp³-hybridized carbons (Fsp3) is 0.595. The number of hydrogen-bond donors (Lipinski definition) is 4. The number of aryl methyl sites for hydroxylation is 1. The number of halogens is 1. The van der Waals surface area contributed by atoms with Gasteiger partial charge in [-0.3, -0.25) is 14.4 Å². The first-order valence-corrected chi connectivity index (χ1v) is 22.9. The van der Waals surface area contributed by atoms with Crippen molar-refractivity contribution in [2.24, 2.45) is 5.92 Å². The van der Waals surface area contributed by atoms with Crippen LogP contribution in [0.3, 0.4) is 0 Å². The van der Waals surface area contributed by atoms with Gasteiger partial charge in [0.15, 0.2) is 0 Å². The Morgan fingerprint density at radius 2 is 1.76 bits per heavy atom. The number of amides is 5. The molecule has 18 nitrogen and oxygen atoms in total. The number of carbonyl (C=O) groups is 5. The molecule has 3 aliphatic heterocycles. The summed E-state index contributed by atoms with van der Waals surface area (Å²) in [7, 11) is -3.16. The van der Waals surface area contributed by atoms with Gasteiger partial charge >= 0.3 is 12.2 Å². The first kappa shape index (κ1) is 44.5. The summed E-state index contributed by atoms with van der Waals surface area (Å²) in [4.78, 5) is 81.2. The molecule has 4 heterocycles. The van der Waals surface area contributed by atoms with Crippen molar-refractivity contribution in [3.63, 3.8) is 0 Å². The van der Waals surface area contributed by atoms with Crippen LogP contribution in [0.25, 0.3) is 0 Å². The largest absolute Gasteiger partial charge is 0.481 e. The van der Waals surface area contributed by atoms with Crippen molar-refractivity contribution in [2.75, 3.05) is 32.1 Å². The summed E-state index contributed by atoms with van der Waals surface area (Å²) < 4.78 is 61.1. The Balaban J connectivity index is 1.16. The molecule has 1 spiro atoms. The van der Waals surface area contributed by atoms with Gasteiger partial charge in [-0.15, -0.1) is 6.58 Å². The van der Waals surface area contributed by atoms with Gasteiger partial charge in [0.25, 0.3) is 15.9 Å². The van der Waals surface area contributed by atoms with Crippen LogP contribution in [-0.4, -0.2) is 115 Å². The highest BCUT2D eigenvalue weighted by Gasteiger charge is 2.61. The van der Waals surface area contributed by atoms with Gasteiger partial charge in [-0.25, -0.2) is 32.1 Å². The molecule has 0 unspecified atom stereocenters. The SMILES string of the molecule is C=C[C@@H]1C[C@@]12NC(=O)[C@@H]1C[C@@H](OC(=O)N3CCc4c(nc(C)nc4OC)C3)CN1C(=O)[C@@H](NC(=O)OC1CCCC1)CCCCCCCNc1ccc(F)cc1S(=O)(=O)NC2=O. The van der Waals surface area contributed by atoms with Crippen molar-refractivity contribution >= 4 is 45.6 Å². The molecule has 7 rings (SSSR count). The molecule has 1 aromatic carbocycles. The van der Waals surface area contributed by atoms with E-state index < -0.39 is 80.3 Å². The third-order valence-electron chi connectivity index (χ3n) is 12.4. The Bertz CT molecular complexity index is 2190. The average Bonchev–Trinajstić information content (AvgIpc) is 3.49. The van der Waals surface area contributed by atoms with Gasteiger partial charge in [0.05, 0.1) is 31.6 Å². The van der Waals surface area contributed by atoms with E-state index in [4.69, 9.17) is 14.2 Å². The highest BCUT2D eigenvalue weighted by Crippen LogP contribution is 2.45. The molecule has 0 radical (unpaired) electrons. The Hall–Kier alpha value is -5.53. The van der Waals surface area contributed by atoms with Crippen molar-refractivity contribution in [1.29, 1.82) is 0 Å². The molecule has 3 fully saturated rings. The fourth-order valence-electron chi connectivity index (χ4n) is 8.92.